The van der Waals surface area contributed by atoms with Gasteiger partial charge >= 0.3 is 5.97 Å². The van der Waals surface area contributed by atoms with Gasteiger partial charge in [0, 0.05) is 12.6 Å². The minimum Gasteiger partial charge on any atom is -0.497 e. The zero-order valence-electron chi connectivity index (χ0n) is 19.5. The van der Waals surface area contributed by atoms with E-state index in [1.54, 1.807) is 43.5 Å². The number of esters is 1. The molecular formula is C26H23NO8S. The molecule has 36 heavy (non-hydrogen) atoms. The van der Waals surface area contributed by atoms with Crippen LogP contribution in [0.15, 0.2) is 87.1 Å². The Hall–Kier alpha value is -4.15. The molecule has 0 unspecified atom stereocenters. The Morgan fingerprint density at radius 3 is 2.31 bits per heavy atom. The van der Waals surface area contributed by atoms with E-state index in [4.69, 9.17) is 18.6 Å². The summed E-state index contributed by atoms with van der Waals surface area (Å²) < 4.78 is 48.5. The summed E-state index contributed by atoms with van der Waals surface area (Å²) in [5.74, 6) is 0.589. The average molecular weight is 510 g/mol. The third kappa shape index (κ3) is 5.91. The summed E-state index contributed by atoms with van der Waals surface area (Å²) in [6, 6.07) is 17.4. The van der Waals surface area contributed by atoms with Gasteiger partial charge in [-0.05, 0) is 55.5 Å². The van der Waals surface area contributed by atoms with Crippen LogP contribution in [0.5, 0.6) is 23.0 Å². The van der Waals surface area contributed by atoms with Crippen molar-refractivity contribution in [2.75, 3.05) is 13.7 Å². The minimum absolute atomic E-state index is 0.00160. The number of fused-ring (bicyclic) bond motifs is 1. The van der Waals surface area contributed by atoms with Gasteiger partial charge in [-0.1, -0.05) is 17.7 Å². The fourth-order valence-corrected chi connectivity index (χ4v) is 4.30. The van der Waals surface area contributed by atoms with Crippen LogP contribution in [0.25, 0.3) is 11.0 Å². The van der Waals surface area contributed by atoms with Gasteiger partial charge in [0.05, 0.1) is 23.8 Å². The number of methoxy groups -OCH3 is 1. The highest BCUT2D eigenvalue weighted by Gasteiger charge is 2.15. The third-order valence-electron chi connectivity index (χ3n) is 5.19. The number of benzene rings is 3. The smallest absolute Gasteiger partial charge is 0.312 e. The third-order valence-corrected chi connectivity index (χ3v) is 6.66. The van der Waals surface area contributed by atoms with Crippen molar-refractivity contribution < 1.29 is 31.8 Å². The van der Waals surface area contributed by atoms with Crippen LogP contribution in [0.3, 0.4) is 0 Å². The predicted octanol–water partition coefficient (Wildman–Crippen LogP) is 4.18. The van der Waals surface area contributed by atoms with Crippen LogP contribution >= 0.6 is 0 Å². The minimum atomic E-state index is -3.74. The predicted molar refractivity (Wildman–Crippen MR) is 132 cm³/mol. The molecule has 4 rings (SSSR count). The molecule has 10 heteroatoms. The Balaban J connectivity index is 1.38. The molecule has 3 aromatic carbocycles. The molecule has 0 fully saturated rings. The maximum absolute atomic E-state index is 12.8. The normalized spacial score (nSPS) is 11.3. The summed E-state index contributed by atoms with van der Waals surface area (Å²) in [6.45, 7) is 1.72. The molecule has 0 atom stereocenters. The lowest BCUT2D eigenvalue weighted by Crippen LogP contribution is -2.27. The Labute approximate surface area is 207 Å². The molecule has 0 saturated heterocycles. The molecule has 9 nitrogen and oxygen atoms in total. The summed E-state index contributed by atoms with van der Waals surface area (Å²) in [5, 5.41) is 0.242. The zero-order valence-corrected chi connectivity index (χ0v) is 20.3. The van der Waals surface area contributed by atoms with Crippen molar-refractivity contribution in [3.05, 3.63) is 88.8 Å². The van der Waals surface area contributed by atoms with Crippen LogP contribution in [0.2, 0.25) is 0 Å². The molecule has 0 aliphatic heterocycles. The van der Waals surface area contributed by atoms with E-state index in [2.05, 4.69) is 4.72 Å². The highest BCUT2D eigenvalue weighted by molar-refractivity contribution is 7.89. The Morgan fingerprint density at radius 2 is 1.61 bits per heavy atom. The molecule has 0 amide bonds. The van der Waals surface area contributed by atoms with Gasteiger partial charge in [0.15, 0.2) is 0 Å². The number of hydrogen-bond donors (Lipinski definition) is 1. The van der Waals surface area contributed by atoms with Crippen LogP contribution in [0.1, 0.15) is 12.0 Å². The highest BCUT2D eigenvalue weighted by atomic mass is 32.2. The molecule has 0 saturated carbocycles. The van der Waals surface area contributed by atoms with E-state index >= 15 is 0 Å². The van der Waals surface area contributed by atoms with Crippen LogP contribution in [-0.2, 0) is 14.8 Å². The highest BCUT2D eigenvalue weighted by Crippen LogP contribution is 2.25. The molecule has 1 heterocycles. The Bertz CT molecular complexity index is 1540. The van der Waals surface area contributed by atoms with Gasteiger partial charge in [0.25, 0.3) is 0 Å². The number of nitrogens with one attached hydrogen (secondary N) is 1. The summed E-state index contributed by atoms with van der Waals surface area (Å²) in [4.78, 5) is 25.1. The van der Waals surface area contributed by atoms with Crippen molar-refractivity contribution in [3.63, 3.8) is 0 Å². The average Bonchev–Trinajstić information content (AvgIpc) is 2.86. The van der Waals surface area contributed by atoms with E-state index < -0.39 is 21.4 Å². The second-order valence-electron chi connectivity index (χ2n) is 7.80. The molecular weight excluding hydrogens is 486 g/mol. The van der Waals surface area contributed by atoms with Gasteiger partial charge in [-0.3, -0.25) is 9.59 Å². The Kier molecular flexibility index (Phi) is 7.37. The molecule has 1 N–H and O–H groups in total. The second kappa shape index (κ2) is 10.6. The number of carbonyl (C=O) groups excluding carboxylic acids is 1. The first-order chi connectivity index (χ1) is 17.2. The molecule has 186 valence electrons. The van der Waals surface area contributed by atoms with Gasteiger partial charge in [-0.25, -0.2) is 13.1 Å². The summed E-state index contributed by atoms with van der Waals surface area (Å²) in [7, 11) is -2.19. The quantitative estimate of drug-likeness (QED) is 0.264. The van der Waals surface area contributed by atoms with E-state index in [-0.39, 0.29) is 40.3 Å². The lowest BCUT2D eigenvalue weighted by molar-refractivity contribution is -0.134. The van der Waals surface area contributed by atoms with Crippen LogP contribution < -0.4 is 24.4 Å². The molecule has 0 radical (unpaired) electrons. The lowest BCUT2D eigenvalue weighted by atomic mass is 10.2. The number of carbonyl (C=O) groups is 1. The zero-order chi connectivity index (χ0) is 25.7. The topological polar surface area (TPSA) is 121 Å². The first kappa shape index (κ1) is 25.0. The van der Waals surface area contributed by atoms with E-state index in [9.17, 15) is 18.0 Å². The molecule has 1 aromatic heterocycles. The maximum Gasteiger partial charge on any atom is 0.312 e. The lowest BCUT2D eigenvalue weighted by Gasteiger charge is -2.09. The first-order valence-electron chi connectivity index (χ1n) is 10.9. The van der Waals surface area contributed by atoms with E-state index in [0.717, 1.165) is 5.56 Å². The van der Waals surface area contributed by atoms with Crippen molar-refractivity contribution in [3.8, 4) is 23.0 Å². The summed E-state index contributed by atoms with van der Waals surface area (Å²) >= 11 is 0. The number of aryl methyl sites for hydroxylation is 1. The van der Waals surface area contributed by atoms with E-state index in [1.165, 1.54) is 36.6 Å². The molecule has 0 aliphatic rings. The standard InChI is InChI=1S/C26H23NO8S/c1-17-3-10-21(11-4-17)36(30,31)27-14-13-25(28)35-20-9-12-22-23(15-20)33-16-24(26(22)29)34-19-7-5-18(32-2)6-8-19/h3-12,15-16,27H,13-14H2,1-2H3. The van der Waals surface area contributed by atoms with E-state index in [0.29, 0.717) is 11.5 Å². The largest absolute Gasteiger partial charge is 0.497 e. The van der Waals surface area contributed by atoms with Gasteiger partial charge in [0.1, 0.15) is 29.1 Å². The van der Waals surface area contributed by atoms with Gasteiger partial charge in [0.2, 0.25) is 21.2 Å². The van der Waals surface area contributed by atoms with Crippen molar-refractivity contribution >= 4 is 27.0 Å². The molecule has 0 bridgehead atoms. The van der Waals surface area contributed by atoms with Gasteiger partial charge in [-0.15, -0.1) is 0 Å². The van der Waals surface area contributed by atoms with E-state index in [1.807, 2.05) is 6.92 Å². The maximum atomic E-state index is 12.8. The fourth-order valence-electron chi connectivity index (χ4n) is 3.27. The summed E-state index contributed by atoms with van der Waals surface area (Å²) in [6.07, 6.45) is 0.988. The van der Waals surface area contributed by atoms with Gasteiger partial charge < -0.3 is 18.6 Å². The van der Waals surface area contributed by atoms with Crippen LogP contribution in [-0.4, -0.2) is 28.0 Å². The Morgan fingerprint density at radius 1 is 0.944 bits per heavy atom. The van der Waals surface area contributed by atoms with Crippen molar-refractivity contribution in [2.45, 2.75) is 18.2 Å². The molecule has 0 spiro atoms. The van der Waals surface area contributed by atoms with Crippen molar-refractivity contribution in [1.82, 2.24) is 4.72 Å². The number of rotatable bonds is 9. The SMILES string of the molecule is COc1ccc(Oc2coc3cc(OC(=O)CCNS(=O)(=O)c4ccc(C)cc4)ccc3c2=O)cc1. The summed E-state index contributed by atoms with van der Waals surface area (Å²) in [5.41, 5.74) is 0.743. The monoisotopic (exact) mass is 509 g/mol. The number of ether oxygens (including phenoxy) is 3. The second-order valence-corrected chi connectivity index (χ2v) is 9.57. The molecule has 0 aliphatic carbocycles. The van der Waals surface area contributed by atoms with Crippen LogP contribution in [0.4, 0.5) is 0 Å². The fraction of sp³-hybridized carbons (Fsp3) is 0.154. The first-order valence-corrected chi connectivity index (χ1v) is 12.4. The van der Waals surface area contributed by atoms with Crippen molar-refractivity contribution in [1.29, 1.82) is 0 Å². The molecule has 4 aromatic rings. The van der Waals surface area contributed by atoms with Crippen molar-refractivity contribution in [2.24, 2.45) is 0 Å². The van der Waals surface area contributed by atoms with Crippen LogP contribution in [0, 0.1) is 6.92 Å². The van der Waals surface area contributed by atoms with Gasteiger partial charge in [-0.2, -0.15) is 0 Å². The number of sulfonamides is 1. The number of hydrogen-bond acceptors (Lipinski definition) is 8.